The van der Waals surface area contributed by atoms with E-state index in [1.165, 1.54) is 103 Å². The summed E-state index contributed by atoms with van der Waals surface area (Å²) in [5, 5.41) is 0. The molecule has 0 heterocycles. The fourth-order valence-corrected chi connectivity index (χ4v) is 11.3. The van der Waals surface area contributed by atoms with Gasteiger partial charge in [0.25, 0.3) is 0 Å². The van der Waals surface area contributed by atoms with Gasteiger partial charge in [-0.3, -0.25) is 4.79 Å². The number of unbranched alkanes of at least 4 members (excludes halogenated alkanes) is 10. The van der Waals surface area contributed by atoms with Crippen LogP contribution >= 0.6 is 0 Å². The summed E-state index contributed by atoms with van der Waals surface area (Å²) < 4.78 is 6.12. The van der Waals surface area contributed by atoms with Crippen LogP contribution in [0.2, 0.25) is 0 Å². The van der Waals surface area contributed by atoms with E-state index in [0.717, 1.165) is 61.7 Å². The van der Waals surface area contributed by atoms with E-state index in [4.69, 9.17) is 4.74 Å². The molecule has 2 nitrogen and oxygen atoms in total. The second kappa shape index (κ2) is 19.3. The van der Waals surface area contributed by atoms with Crippen LogP contribution in [0.5, 0.6) is 0 Å². The summed E-state index contributed by atoms with van der Waals surface area (Å²) >= 11 is 0. The molecule has 0 aromatic rings. The van der Waals surface area contributed by atoms with Gasteiger partial charge in [0.2, 0.25) is 0 Å². The van der Waals surface area contributed by atoms with E-state index in [9.17, 15) is 4.79 Å². The maximum Gasteiger partial charge on any atom is 0.306 e. The molecule has 0 saturated heterocycles. The highest BCUT2D eigenvalue weighted by atomic mass is 16.5. The molecule has 0 aliphatic heterocycles. The first-order valence-electron chi connectivity index (χ1n) is 21.4. The van der Waals surface area contributed by atoms with Crippen molar-refractivity contribution in [1.29, 1.82) is 0 Å². The molecule has 4 aliphatic carbocycles. The molecule has 0 N–H and O–H groups in total. The Morgan fingerprint density at radius 3 is 2.21 bits per heavy atom. The third-order valence-electron chi connectivity index (χ3n) is 14.4. The third-order valence-corrected chi connectivity index (χ3v) is 14.4. The van der Waals surface area contributed by atoms with Crippen molar-refractivity contribution in [3.8, 4) is 0 Å². The van der Waals surface area contributed by atoms with E-state index in [1.807, 2.05) is 0 Å². The molecule has 48 heavy (non-hydrogen) atoms. The molecule has 0 amide bonds. The van der Waals surface area contributed by atoms with Crippen molar-refractivity contribution in [3.05, 3.63) is 36.0 Å². The molecule has 0 radical (unpaired) electrons. The van der Waals surface area contributed by atoms with Gasteiger partial charge in [-0.15, -0.1) is 0 Å². The van der Waals surface area contributed by atoms with Crippen LogP contribution in [-0.4, -0.2) is 12.1 Å². The van der Waals surface area contributed by atoms with Gasteiger partial charge in [-0.05, 0) is 136 Å². The summed E-state index contributed by atoms with van der Waals surface area (Å²) in [5.74, 6) is 5.52. The quantitative estimate of drug-likeness (QED) is 0.0736. The smallest absolute Gasteiger partial charge is 0.306 e. The van der Waals surface area contributed by atoms with Gasteiger partial charge in [0.05, 0.1) is 0 Å². The summed E-state index contributed by atoms with van der Waals surface area (Å²) in [6, 6.07) is 0. The zero-order valence-electron chi connectivity index (χ0n) is 32.9. The average Bonchev–Trinajstić information content (AvgIpc) is 3.42. The molecule has 0 bridgehead atoms. The van der Waals surface area contributed by atoms with E-state index in [-0.39, 0.29) is 12.1 Å². The number of fused-ring (bicyclic) bond motifs is 5. The number of ether oxygens (including phenoxy) is 1. The summed E-state index contributed by atoms with van der Waals surface area (Å²) in [6.45, 7) is 17.2. The van der Waals surface area contributed by atoms with Gasteiger partial charge in [-0.25, -0.2) is 0 Å². The zero-order chi connectivity index (χ0) is 34.6. The number of carbonyl (C=O) groups is 1. The van der Waals surface area contributed by atoms with Crippen LogP contribution in [0.1, 0.15) is 190 Å². The number of allylic oxidation sites excluding steroid dienone is 5. The highest BCUT2D eigenvalue weighted by Crippen LogP contribution is 2.67. The van der Waals surface area contributed by atoms with Crippen LogP contribution in [0.25, 0.3) is 0 Å². The minimum absolute atomic E-state index is 0.0413. The lowest BCUT2D eigenvalue weighted by Crippen LogP contribution is -2.51. The Bertz CT molecular complexity index is 1050. The van der Waals surface area contributed by atoms with Gasteiger partial charge in [0.1, 0.15) is 6.10 Å². The van der Waals surface area contributed by atoms with E-state index in [1.54, 1.807) is 5.57 Å². The van der Waals surface area contributed by atoms with Crippen LogP contribution in [-0.2, 0) is 9.53 Å². The molecular formula is C46H78O2. The van der Waals surface area contributed by atoms with Crippen molar-refractivity contribution in [2.45, 2.75) is 196 Å². The molecule has 3 saturated carbocycles. The summed E-state index contributed by atoms with van der Waals surface area (Å²) in [5.41, 5.74) is 2.43. The predicted molar refractivity (Wildman–Crippen MR) is 207 cm³/mol. The van der Waals surface area contributed by atoms with Crippen LogP contribution in [0.15, 0.2) is 36.0 Å². The van der Waals surface area contributed by atoms with Gasteiger partial charge >= 0.3 is 5.97 Å². The fourth-order valence-electron chi connectivity index (χ4n) is 11.3. The Labute approximate surface area is 298 Å². The molecule has 274 valence electrons. The number of hydrogen-bond donors (Lipinski definition) is 0. The molecule has 0 aromatic heterocycles. The van der Waals surface area contributed by atoms with Crippen molar-refractivity contribution in [1.82, 2.24) is 0 Å². The number of hydrogen-bond acceptors (Lipinski definition) is 2. The summed E-state index contributed by atoms with van der Waals surface area (Å²) in [6.07, 6.45) is 39.9. The highest BCUT2D eigenvalue weighted by molar-refractivity contribution is 5.69. The standard InChI is InChI=1S/C46H78O2/c1-8-10-11-12-13-14-15-16-17-18-19-20-21-22-23-44(47)48-39-30-32-45(6)38(34-39)26-27-40-42-29-28-41(46(42,7)33-31-43(40)45)36(5)24-25-37(9-2)35(3)4/h17-18,24-26,35-37,39-43H,8-16,19-23,27-34H2,1-7H3/b18-17-,25-24+. The SMILES string of the molecule is CCCCCCCCC/C=C\CCCCCC(=O)OC1CCC2(C)C(=CCC3C2CCC2(C)C(C(C)/C=C/C(CC)C(C)C)CCC32)C1. The van der Waals surface area contributed by atoms with Crippen molar-refractivity contribution in [2.75, 3.05) is 0 Å². The fraction of sp³-hybridized carbons (Fsp3) is 0.848. The maximum atomic E-state index is 12.8. The lowest BCUT2D eigenvalue weighted by atomic mass is 9.47. The Hall–Kier alpha value is -1.31. The molecule has 2 heteroatoms. The molecule has 4 rings (SSSR count). The number of esters is 1. The van der Waals surface area contributed by atoms with Gasteiger partial charge < -0.3 is 4.74 Å². The summed E-state index contributed by atoms with van der Waals surface area (Å²) in [4.78, 5) is 12.8. The van der Waals surface area contributed by atoms with Gasteiger partial charge in [-0.1, -0.05) is 129 Å². The Morgan fingerprint density at radius 1 is 0.833 bits per heavy atom. The Balaban J connectivity index is 1.17. The topological polar surface area (TPSA) is 26.3 Å². The lowest BCUT2D eigenvalue weighted by Gasteiger charge is -2.58. The van der Waals surface area contributed by atoms with Crippen LogP contribution in [0.4, 0.5) is 0 Å². The van der Waals surface area contributed by atoms with Crippen LogP contribution in [0, 0.1) is 52.3 Å². The summed E-state index contributed by atoms with van der Waals surface area (Å²) in [7, 11) is 0. The second-order valence-corrected chi connectivity index (χ2v) is 17.9. The molecule has 9 atom stereocenters. The second-order valence-electron chi connectivity index (χ2n) is 17.9. The minimum Gasteiger partial charge on any atom is -0.462 e. The molecule has 4 aliphatic rings. The zero-order valence-corrected chi connectivity index (χ0v) is 32.9. The van der Waals surface area contributed by atoms with Gasteiger partial charge in [-0.2, -0.15) is 0 Å². The average molecular weight is 663 g/mol. The molecule has 3 fully saturated rings. The molecular weight excluding hydrogens is 585 g/mol. The molecule has 9 unspecified atom stereocenters. The first-order valence-corrected chi connectivity index (χ1v) is 21.4. The monoisotopic (exact) mass is 663 g/mol. The Kier molecular flexibility index (Phi) is 15.9. The largest absolute Gasteiger partial charge is 0.462 e. The number of carbonyl (C=O) groups excluding carboxylic acids is 1. The Morgan fingerprint density at radius 2 is 1.52 bits per heavy atom. The van der Waals surface area contributed by atoms with E-state index < -0.39 is 0 Å². The lowest BCUT2D eigenvalue weighted by molar-refractivity contribution is -0.151. The van der Waals surface area contributed by atoms with Gasteiger partial charge in [0.15, 0.2) is 0 Å². The van der Waals surface area contributed by atoms with E-state index >= 15 is 0 Å². The first-order chi connectivity index (χ1) is 23.1. The maximum absolute atomic E-state index is 12.8. The van der Waals surface area contributed by atoms with E-state index in [2.05, 4.69) is 78.8 Å². The van der Waals surface area contributed by atoms with Gasteiger partial charge in [0, 0.05) is 12.8 Å². The van der Waals surface area contributed by atoms with Crippen molar-refractivity contribution < 1.29 is 9.53 Å². The predicted octanol–water partition coefficient (Wildman–Crippen LogP) is 14.0. The molecule has 0 spiro atoms. The minimum atomic E-state index is 0.0413. The molecule has 0 aromatic carbocycles. The van der Waals surface area contributed by atoms with E-state index in [0.29, 0.717) is 29.1 Å². The van der Waals surface area contributed by atoms with Crippen LogP contribution < -0.4 is 0 Å². The third kappa shape index (κ3) is 10.1. The van der Waals surface area contributed by atoms with Crippen molar-refractivity contribution >= 4 is 5.97 Å². The van der Waals surface area contributed by atoms with Crippen LogP contribution in [0.3, 0.4) is 0 Å². The first kappa shape index (κ1) is 39.5. The number of rotatable bonds is 20. The van der Waals surface area contributed by atoms with Crippen molar-refractivity contribution in [2.24, 2.45) is 52.3 Å². The van der Waals surface area contributed by atoms with Crippen molar-refractivity contribution in [3.63, 3.8) is 0 Å². The normalized spacial score (nSPS) is 33.0. The highest BCUT2D eigenvalue weighted by Gasteiger charge is 2.59.